The number of anilines is 4. The molecular weight excluding hydrogens is 340 g/mol. The molecule has 0 spiro atoms. The fourth-order valence-corrected chi connectivity index (χ4v) is 3.60. The molecule has 0 fully saturated rings. The molecule has 2 heteroatoms. The Balaban J connectivity index is 1.49. The largest absolute Gasteiger partial charge is 0.356 e. The van der Waals surface area contributed by atoms with Crippen molar-refractivity contribution in [2.24, 2.45) is 0 Å². The minimum atomic E-state index is 1.10. The molecule has 0 aliphatic rings. The van der Waals surface area contributed by atoms with Gasteiger partial charge in [-0.2, -0.15) is 0 Å². The molecule has 0 heterocycles. The molecule has 0 aliphatic heterocycles. The molecule has 0 amide bonds. The summed E-state index contributed by atoms with van der Waals surface area (Å²) in [7, 11) is 0. The van der Waals surface area contributed by atoms with Crippen molar-refractivity contribution < 1.29 is 0 Å². The number of rotatable bonds is 4. The van der Waals surface area contributed by atoms with Gasteiger partial charge in [0.1, 0.15) is 0 Å². The van der Waals surface area contributed by atoms with Gasteiger partial charge in [0.05, 0.1) is 0 Å². The molecule has 0 aliphatic carbocycles. The van der Waals surface area contributed by atoms with Crippen molar-refractivity contribution in [2.75, 3.05) is 10.6 Å². The molecule has 5 rings (SSSR count). The van der Waals surface area contributed by atoms with Crippen molar-refractivity contribution in [2.45, 2.75) is 0 Å². The molecule has 0 saturated heterocycles. The van der Waals surface area contributed by atoms with Gasteiger partial charge in [0.2, 0.25) is 0 Å². The van der Waals surface area contributed by atoms with Crippen LogP contribution in [0.5, 0.6) is 0 Å². The highest BCUT2D eigenvalue weighted by molar-refractivity contribution is 6.09. The van der Waals surface area contributed by atoms with Crippen LogP contribution in [0.25, 0.3) is 21.5 Å². The van der Waals surface area contributed by atoms with Gasteiger partial charge in [-0.25, -0.2) is 0 Å². The number of nitrogens with one attached hydrogen (secondary N) is 2. The van der Waals surface area contributed by atoms with Crippen LogP contribution in [-0.2, 0) is 0 Å². The highest BCUT2D eigenvalue weighted by Gasteiger charge is 2.04. The zero-order valence-electron chi connectivity index (χ0n) is 15.4. The van der Waals surface area contributed by atoms with Crippen molar-refractivity contribution in [1.82, 2.24) is 0 Å². The van der Waals surface area contributed by atoms with E-state index in [1.165, 1.54) is 21.5 Å². The van der Waals surface area contributed by atoms with Crippen LogP contribution in [0.1, 0.15) is 0 Å². The van der Waals surface area contributed by atoms with Crippen LogP contribution in [0, 0.1) is 0 Å². The molecule has 2 nitrogen and oxygen atoms in total. The highest BCUT2D eigenvalue weighted by atomic mass is 14.9. The van der Waals surface area contributed by atoms with Crippen LogP contribution < -0.4 is 10.6 Å². The minimum Gasteiger partial charge on any atom is -0.356 e. The first-order chi connectivity index (χ1) is 13.8. The third-order valence-corrected chi connectivity index (χ3v) is 4.96. The van der Waals surface area contributed by atoms with Crippen LogP contribution in [0.4, 0.5) is 22.7 Å². The van der Waals surface area contributed by atoms with E-state index in [1.807, 2.05) is 36.4 Å². The molecule has 2 N–H and O–H groups in total. The summed E-state index contributed by atoms with van der Waals surface area (Å²) in [4.78, 5) is 0. The van der Waals surface area contributed by atoms with Crippen LogP contribution in [0.15, 0.2) is 109 Å². The molecule has 0 saturated carbocycles. The average molecular weight is 360 g/mol. The molecule has 0 unspecified atom stereocenters. The number of fused-ring (bicyclic) bond motifs is 3. The van der Waals surface area contributed by atoms with E-state index in [0.29, 0.717) is 0 Å². The monoisotopic (exact) mass is 360 g/mol. The van der Waals surface area contributed by atoms with Crippen LogP contribution in [0.2, 0.25) is 0 Å². The zero-order chi connectivity index (χ0) is 18.8. The van der Waals surface area contributed by atoms with E-state index in [9.17, 15) is 0 Å². The van der Waals surface area contributed by atoms with E-state index < -0.39 is 0 Å². The molecule has 0 bridgehead atoms. The van der Waals surface area contributed by atoms with Gasteiger partial charge in [-0.1, -0.05) is 60.7 Å². The molecule has 0 radical (unpaired) electrons. The highest BCUT2D eigenvalue weighted by Crippen LogP contribution is 2.31. The Morgan fingerprint density at radius 3 is 1.21 bits per heavy atom. The van der Waals surface area contributed by atoms with E-state index in [4.69, 9.17) is 0 Å². The van der Waals surface area contributed by atoms with Crippen molar-refractivity contribution in [1.29, 1.82) is 0 Å². The molecule has 0 atom stereocenters. The van der Waals surface area contributed by atoms with Gasteiger partial charge in [-0.05, 0) is 70.1 Å². The molecule has 5 aromatic rings. The maximum atomic E-state index is 3.47. The SMILES string of the molecule is c1ccc(Nc2ccc3c(ccc4cc(Nc5ccccc5)ccc43)c2)cc1. The predicted octanol–water partition coefficient (Wildman–Crippen LogP) is 7.48. The van der Waals surface area contributed by atoms with Gasteiger partial charge in [0.15, 0.2) is 0 Å². The third-order valence-electron chi connectivity index (χ3n) is 4.96. The number of para-hydroxylation sites is 2. The van der Waals surface area contributed by atoms with Crippen LogP contribution >= 0.6 is 0 Å². The summed E-state index contributed by atoms with van der Waals surface area (Å²) in [6.45, 7) is 0. The minimum absolute atomic E-state index is 1.10. The maximum absolute atomic E-state index is 3.47. The molecular formula is C26H20N2. The average Bonchev–Trinajstić information content (AvgIpc) is 2.75. The van der Waals surface area contributed by atoms with Crippen LogP contribution in [0.3, 0.4) is 0 Å². The Labute approximate surface area is 164 Å². The molecule has 134 valence electrons. The van der Waals surface area contributed by atoms with Crippen molar-refractivity contribution in [3.8, 4) is 0 Å². The van der Waals surface area contributed by atoms with E-state index in [-0.39, 0.29) is 0 Å². The van der Waals surface area contributed by atoms with E-state index in [0.717, 1.165) is 22.7 Å². The topological polar surface area (TPSA) is 24.1 Å². The first kappa shape index (κ1) is 16.4. The fourth-order valence-electron chi connectivity index (χ4n) is 3.60. The van der Waals surface area contributed by atoms with Gasteiger partial charge >= 0.3 is 0 Å². The summed E-state index contributed by atoms with van der Waals surface area (Å²) in [5.41, 5.74) is 4.39. The van der Waals surface area contributed by atoms with Crippen molar-refractivity contribution in [3.05, 3.63) is 109 Å². The van der Waals surface area contributed by atoms with Gasteiger partial charge < -0.3 is 10.6 Å². The summed E-state index contributed by atoms with van der Waals surface area (Å²) in [6.07, 6.45) is 0. The van der Waals surface area contributed by atoms with Gasteiger partial charge in [-0.3, -0.25) is 0 Å². The summed E-state index contributed by atoms with van der Waals surface area (Å²) >= 11 is 0. The van der Waals surface area contributed by atoms with E-state index in [1.54, 1.807) is 0 Å². The summed E-state index contributed by atoms with van der Waals surface area (Å²) in [5, 5.41) is 11.9. The predicted molar refractivity (Wildman–Crippen MR) is 121 cm³/mol. The number of hydrogen-bond acceptors (Lipinski definition) is 2. The first-order valence-corrected chi connectivity index (χ1v) is 9.46. The van der Waals surface area contributed by atoms with E-state index >= 15 is 0 Å². The Hall–Kier alpha value is -3.78. The lowest BCUT2D eigenvalue weighted by Crippen LogP contribution is -1.91. The zero-order valence-corrected chi connectivity index (χ0v) is 15.4. The lowest BCUT2D eigenvalue weighted by molar-refractivity contribution is 1.56. The fraction of sp³-hybridized carbons (Fsp3) is 0. The van der Waals surface area contributed by atoms with Gasteiger partial charge in [0, 0.05) is 22.7 Å². The Bertz CT molecular complexity index is 1140. The first-order valence-electron chi connectivity index (χ1n) is 9.46. The lowest BCUT2D eigenvalue weighted by Gasteiger charge is -2.11. The number of hydrogen-bond donors (Lipinski definition) is 2. The van der Waals surface area contributed by atoms with Crippen molar-refractivity contribution >= 4 is 44.3 Å². The second-order valence-electron chi connectivity index (χ2n) is 6.92. The van der Waals surface area contributed by atoms with Gasteiger partial charge in [-0.15, -0.1) is 0 Å². The second-order valence-corrected chi connectivity index (χ2v) is 6.92. The second kappa shape index (κ2) is 7.09. The van der Waals surface area contributed by atoms with Gasteiger partial charge in [0.25, 0.3) is 0 Å². The lowest BCUT2D eigenvalue weighted by atomic mass is 10.0. The van der Waals surface area contributed by atoms with Crippen molar-refractivity contribution in [3.63, 3.8) is 0 Å². The summed E-state index contributed by atoms with van der Waals surface area (Å²) in [6, 6.07) is 38.0. The third kappa shape index (κ3) is 3.28. The maximum Gasteiger partial charge on any atom is 0.0390 e. The van der Waals surface area contributed by atoms with E-state index in [2.05, 4.69) is 83.4 Å². The quantitative estimate of drug-likeness (QED) is 0.325. The smallest absolute Gasteiger partial charge is 0.0390 e. The Morgan fingerprint density at radius 2 is 0.786 bits per heavy atom. The number of benzene rings is 5. The standard InChI is InChI=1S/C26H20N2/c1-3-7-21(8-4-1)27-23-13-15-25-19(17-23)11-12-20-18-24(14-16-26(20)25)28-22-9-5-2-6-10-22/h1-18,27-28H. The van der Waals surface area contributed by atoms with Crippen LogP contribution in [-0.4, -0.2) is 0 Å². The molecule has 0 aromatic heterocycles. The molecule has 5 aromatic carbocycles. The normalized spacial score (nSPS) is 10.9. The summed E-state index contributed by atoms with van der Waals surface area (Å²) in [5.74, 6) is 0. The Morgan fingerprint density at radius 1 is 0.357 bits per heavy atom. The Kier molecular flexibility index (Phi) is 4.15. The summed E-state index contributed by atoms with van der Waals surface area (Å²) < 4.78 is 0. The molecule has 28 heavy (non-hydrogen) atoms.